The second-order valence-corrected chi connectivity index (χ2v) is 6.95. The molecule has 23 heavy (non-hydrogen) atoms. The van der Waals surface area contributed by atoms with Gasteiger partial charge < -0.3 is 4.74 Å². The zero-order valence-corrected chi connectivity index (χ0v) is 13.1. The van der Waals surface area contributed by atoms with Crippen LogP contribution in [0.4, 0.5) is 10.1 Å². The third-order valence-corrected chi connectivity index (χ3v) is 5.54. The number of fused-ring (bicyclic) bond motifs is 1. The molecule has 120 valence electrons. The summed E-state index contributed by atoms with van der Waals surface area (Å²) >= 11 is 0. The standard InChI is InChI=1S/C16H14FNO4S/c1-22-12-4-7-15-14(10-12)16(19)8-9-18(15)23(20,21)13-5-2-11(17)3-6-13/h2-7,10H,8-9H2,1H3. The van der Waals surface area contributed by atoms with Gasteiger partial charge in [-0.1, -0.05) is 0 Å². The van der Waals surface area contributed by atoms with Gasteiger partial charge in [-0.15, -0.1) is 0 Å². The van der Waals surface area contributed by atoms with Crippen molar-refractivity contribution < 1.29 is 22.3 Å². The molecule has 0 saturated heterocycles. The van der Waals surface area contributed by atoms with E-state index in [4.69, 9.17) is 4.74 Å². The molecule has 1 aliphatic rings. The number of methoxy groups -OCH3 is 1. The van der Waals surface area contributed by atoms with Crippen LogP contribution in [0, 0.1) is 5.82 Å². The van der Waals surface area contributed by atoms with Crippen molar-refractivity contribution in [2.24, 2.45) is 0 Å². The highest BCUT2D eigenvalue weighted by atomic mass is 32.2. The number of benzene rings is 2. The molecule has 0 N–H and O–H groups in total. The van der Waals surface area contributed by atoms with E-state index < -0.39 is 15.8 Å². The summed E-state index contributed by atoms with van der Waals surface area (Å²) in [6, 6.07) is 9.29. The fraction of sp³-hybridized carbons (Fsp3) is 0.188. The number of nitrogens with zero attached hydrogens (tertiary/aromatic N) is 1. The van der Waals surface area contributed by atoms with Crippen LogP contribution in [0.25, 0.3) is 0 Å². The Labute approximate surface area is 133 Å². The van der Waals surface area contributed by atoms with Crippen LogP contribution in [0.2, 0.25) is 0 Å². The second kappa shape index (κ2) is 5.66. The number of carbonyl (C=O) groups is 1. The van der Waals surface area contributed by atoms with Gasteiger partial charge in [-0.2, -0.15) is 0 Å². The molecule has 0 bridgehead atoms. The average molecular weight is 335 g/mol. The third kappa shape index (κ3) is 2.68. The molecule has 2 aromatic carbocycles. The lowest BCUT2D eigenvalue weighted by molar-refractivity contribution is 0.0981. The molecule has 0 amide bonds. The minimum absolute atomic E-state index is 0.0185. The van der Waals surface area contributed by atoms with Crippen LogP contribution in [-0.4, -0.2) is 27.9 Å². The number of anilines is 1. The molecule has 0 spiro atoms. The van der Waals surface area contributed by atoms with E-state index in [-0.39, 0.29) is 23.6 Å². The van der Waals surface area contributed by atoms with E-state index in [9.17, 15) is 17.6 Å². The van der Waals surface area contributed by atoms with E-state index in [1.54, 1.807) is 12.1 Å². The molecule has 0 saturated carbocycles. The van der Waals surface area contributed by atoms with Gasteiger partial charge in [0, 0.05) is 18.5 Å². The number of carbonyl (C=O) groups excluding carboxylic acids is 1. The van der Waals surface area contributed by atoms with Crippen molar-refractivity contribution in [1.29, 1.82) is 0 Å². The number of ether oxygens (including phenoxy) is 1. The Morgan fingerprint density at radius 3 is 2.48 bits per heavy atom. The number of hydrogen-bond donors (Lipinski definition) is 0. The number of sulfonamides is 1. The van der Waals surface area contributed by atoms with Crippen molar-refractivity contribution in [3.8, 4) is 5.75 Å². The molecule has 7 heteroatoms. The normalized spacial score (nSPS) is 14.5. The number of ketones is 1. The molecule has 2 aromatic rings. The Morgan fingerprint density at radius 1 is 1.13 bits per heavy atom. The van der Waals surface area contributed by atoms with Crippen LogP contribution >= 0.6 is 0 Å². The summed E-state index contributed by atoms with van der Waals surface area (Å²) in [5.41, 5.74) is 0.618. The smallest absolute Gasteiger partial charge is 0.264 e. The summed E-state index contributed by atoms with van der Waals surface area (Å²) in [5, 5.41) is 0. The van der Waals surface area contributed by atoms with E-state index in [1.807, 2.05) is 0 Å². The lowest BCUT2D eigenvalue weighted by atomic mass is 10.0. The van der Waals surface area contributed by atoms with Crippen molar-refractivity contribution in [2.45, 2.75) is 11.3 Å². The van der Waals surface area contributed by atoms with Crippen LogP contribution in [-0.2, 0) is 10.0 Å². The summed E-state index contributed by atoms with van der Waals surface area (Å²) in [6.45, 7) is 0.0534. The first-order chi connectivity index (χ1) is 10.9. The topological polar surface area (TPSA) is 63.7 Å². The van der Waals surface area contributed by atoms with Gasteiger partial charge in [0.05, 0.1) is 17.7 Å². The Bertz CT molecular complexity index is 862. The van der Waals surface area contributed by atoms with E-state index >= 15 is 0 Å². The lowest BCUT2D eigenvalue weighted by Crippen LogP contribution is -2.37. The predicted molar refractivity (Wildman–Crippen MR) is 82.9 cm³/mol. The molecule has 0 aromatic heterocycles. The zero-order valence-electron chi connectivity index (χ0n) is 12.3. The molecule has 0 fully saturated rings. The predicted octanol–water partition coefficient (Wildman–Crippen LogP) is 2.62. The summed E-state index contributed by atoms with van der Waals surface area (Å²) in [4.78, 5) is 12.1. The maximum Gasteiger partial charge on any atom is 0.264 e. The van der Waals surface area contributed by atoms with Crippen LogP contribution in [0.5, 0.6) is 5.75 Å². The van der Waals surface area contributed by atoms with Gasteiger partial charge in [0.15, 0.2) is 5.78 Å². The molecule has 0 radical (unpaired) electrons. The van der Waals surface area contributed by atoms with Gasteiger partial charge in [-0.05, 0) is 42.5 Å². The van der Waals surface area contributed by atoms with Crippen molar-refractivity contribution in [1.82, 2.24) is 0 Å². The largest absolute Gasteiger partial charge is 0.497 e. The maximum atomic E-state index is 13.0. The first-order valence-electron chi connectivity index (χ1n) is 6.93. The molecule has 1 aliphatic heterocycles. The number of Topliss-reactive ketones (excluding diaryl/α,β-unsaturated/α-hetero) is 1. The Balaban J connectivity index is 2.10. The zero-order chi connectivity index (χ0) is 16.6. The minimum atomic E-state index is -3.86. The molecule has 3 rings (SSSR count). The highest BCUT2D eigenvalue weighted by Crippen LogP contribution is 2.34. The molecule has 0 aliphatic carbocycles. The highest BCUT2D eigenvalue weighted by molar-refractivity contribution is 7.92. The summed E-state index contributed by atoms with van der Waals surface area (Å²) in [7, 11) is -2.39. The summed E-state index contributed by atoms with van der Waals surface area (Å²) in [6.07, 6.45) is 0.0839. The molecular formula is C16H14FNO4S. The van der Waals surface area contributed by atoms with E-state index in [0.29, 0.717) is 17.0 Å². The number of hydrogen-bond acceptors (Lipinski definition) is 4. The average Bonchev–Trinajstić information content (AvgIpc) is 2.55. The number of rotatable bonds is 3. The van der Waals surface area contributed by atoms with Gasteiger partial charge in [0.2, 0.25) is 0 Å². The third-order valence-electron chi connectivity index (χ3n) is 3.72. The van der Waals surface area contributed by atoms with Crippen molar-refractivity contribution in [3.05, 3.63) is 53.8 Å². The van der Waals surface area contributed by atoms with E-state index in [2.05, 4.69) is 0 Å². The van der Waals surface area contributed by atoms with Gasteiger partial charge in [-0.25, -0.2) is 12.8 Å². The van der Waals surface area contributed by atoms with Crippen LogP contribution < -0.4 is 9.04 Å². The molecule has 1 heterocycles. The van der Waals surface area contributed by atoms with E-state index in [0.717, 1.165) is 12.1 Å². The molecule has 0 atom stereocenters. The number of halogens is 1. The Kier molecular flexibility index (Phi) is 3.81. The van der Waals surface area contributed by atoms with Crippen molar-refractivity contribution >= 4 is 21.5 Å². The monoisotopic (exact) mass is 335 g/mol. The first-order valence-corrected chi connectivity index (χ1v) is 8.37. The van der Waals surface area contributed by atoms with Crippen molar-refractivity contribution in [3.63, 3.8) is 0 Å². The minimum Gasteiger partial charge on any atom is -0.497 e. The molecule has 0 unspecified atom stereocenters. The lowest BCUT2D eigenvalue weighted by Gasteiger charge is -2.30. The van der Waals surface area contributed by atoms with Gasteiger partial charge in [0.1, 0.15) is 11.6 Å². The highest BCUT2D eigenvalue weighted by Gasteiger charge is 2.32. The van der Waals surface area contributed by atoms with Gasteiger partial charge in [-0.3, -0.25) is 9.10 Å². The molecular weight excluding hydrogens is 321 g/mol. The van der Waals surface area contributed by atoms with Crippen LogP contribution in [0.3, 0.4) is 0 Å². The van der Waals surface area contributed by atoms with Gasteiger partial charge in [0.25, 0.3) is 10.0 Å². The van der Waals surface area contributed by atoms with Gasteiger partial charge >= 0.3 is 0 Å². The fourth-order valence-electron chi connectivity index (χ4n) is 2.52. The Hall–Kier alpha value is -2.41. The quantitative estimate of drug-likeness (QED) is 0.865. The Morgan fingerprint density at radius 2 is 1.83 bits per heavy atom. The molecule has 5 nitrogen and oxygen atoms in total. The van der Waals surface area contributed by atoms with Crippen LogP contribution in [0.1, 0.15) is 16.8 Å². The fourth-order valence-corrected chi connectivity index (χ4v) is 4.01. The SMILES string of the molecule is COc1ccc2c(c1)C(=O)CCN2S(=O)(=O)c1ccc(F)cc1. The van der Waals surface area contributed by atoms with E-state index in [1.165, 1.54) is 29.6 Å². The second-order valence-electron chi connectivity index (χ2n) is 5.09. The van der Waals surface area contributed by atoms with Crippen molar-refractivity contribution in [2.75, 3.05) is 18.0 Å². The van der Waals surface area contributed by atoms with Crippen LogP contribution in [0.15, 0.2) is 47.4 Å². The summed E-state index contributed by atoms with van der Waals surface area (Å²) in [5.74, 6) is -0.162. The summed E-state index contributed by atoms with van der Waals surface area (Å²) < 4.78 is 44.9. The maximum absolute atomic E-state index is 13.0. The first kappa shape index (κ1) is 15.5.